The molecule has 0 aliphatic carbocycles. The Balaban J connectivity index is 2.31. The van der Waals surface area contributed by atoms with Crippen molar-refractivity contribution in [2.24, 2.45) is 0 Å². The number of halogens is 2. The predicted octanol–water partition coefficient (Wildman–Crippen LogP) is 3.22. The highest BCUT2D eigenvalue weighted by Gasteiger charge is 2.34. The zero-order valence-corrected chi connectivity index (χ0v) is 18.0. The van der Waals surface area contributed by atoms with Crippen molar-refractivity contribution in [3.05, 3.63) is 33.8 Å². The maximum absolute atomic E-state index is 12.5. The van der Waals surface area contributed by atoms with E-state index in [1.807, 2.05) is 0 Å². The molecule has 1 fully saturated rings. The van der Waals surface area contributed by atoms with Crippen LogP contribution < -0.4 is 4.72 Å². The second-order valence-corrected chi connectivity index (χ2v) is 9.98. The maximum Gasteiger partial charge on any atom is 0.410 e. The lowest BCUT2D eigenvalue weighted by Gasteiger charge is -2.30. The van der Waals surface area contributed by atoms with Gasteiger partial charge in [0.1, 0.15) is 11.7 Å². The smallest absolute Gasteiger partial charge is 0.410 e. The Hall–Kier alpha value is -1.06. The van der Waals surface area contributed by atoms with Gasteiger partial charge in [0.25, 0.3) is 0 Å². The van der Waals surface area contributed by atoms with Crippen LogP contribution in [0.25, 0.3) is 0 Å². The van der Waals surface area contributed by atoms with E-state index in [-0.39, 0.29) is 19.7 Å². The lowest BCUT2D eigenvalue weighted by molar-refractivity contribution is 0.0231. The van der Waals surface area contributed by atoms with Crippen LogP contribution in [0, 0.1) is 0 Å². The van der Waals surface area contributed by atoms with Crippen molar-refractivity contribution < 1.29 is 22.7 Å². The van der Waals surface area contributed by atoms with Gasteiger partial charge in [0, 0.05) is 13.1 Å². The summed E-state index contributed by atoms with van der Waals surface area (Å²) in [5.74, 6) is 0. The van der Waals surface area contributed by atoms with Crippen molar-refractivity contribution in [3.8, 4) is 0 Å². The summed E-state index contributed by atoms with van der Waals surface area (Å²) in [6.07, 6.45) is -0.107. The Morgan fingerprint density at radius 1 is 1.30 bits per heavy atom. The first-order valence-electron chi connectivity index (χ1n) is 8.37. The molecule has 1 aliphatic rings. The molecule has 152 valence electrons. The standard InChI is InChI=1S/C17H24Cl2N2O5S/c1-17(2,3)26-16(22)21-7-8-25-15(14(10-21)20-27(4,23)24)11-5-6-12(18)13(19)9-11/h5-6,9,14-15,20H,7-8,10H2,1-4H3. The number of carbonyl (C=O) groups excluding carboxylic acids is 1. The number of hydrogen-bond acceptors (Lipinski definition) is 5. The van der Waals surface area contributed by atoms with Gasteiger partial charge in [-0.15, -0.1) is 0 Å². The van der Waals surface area contributed by atoms with Gasteiger partial charge in [0.2, 0.25) is 10.0 Å². The van der Waals surface area contributed by atoms with E-state index in [4.69, 9.17) is 32.7 Å². The molecule has 1 aromatic rings. The second kappa shape index (κ2) is 8.53. The van der Waals surface area contributed by atoms with E-state index in [9.17, 15) is 13.2 Å². The summed E-state index contributed by atoms with van der Waals surface area (Å²) in [5.41, 5.74) is 0.00389. The molecule has 1 amide bonds. The van der Waals surface area contributed by atoms with Crippen LogP contribution in [0.15, 0.2) is 18.2 Å². The highest BCUT2D eigenvalue weighted by Crippen LogP contribution is 2.31. The van der Waals surface area contributed by atoms with Gasteiger partial charge in [-0.3, -0.25) is 0 Å². The van der Waals surface area contributed by atoms with Crippen LogP contribution in [-0.4, -0.2) is 57.0 Å². The molecule has 0 aromatic heterocycles. The van der Waals surface area contributed by atoms with Gasteiger partial charge in [-0.05, 0) is 38.5 Å². The summed E-state index contributed by atoms with van der Waals surface area (Å²) in [4.78, 5) is 13.9. The Bertz CT molecular complexity index is 795. The number of rotatable bonds is 3. The summed E-state index contributed by atoms with van der Waals surface area (Å²) < 4.78 is 37.6. The lowest BCUT2D eigenvalue weighted by atomic mass is 10.0. The van der Waals surface area contributed by atoms with Crippen molar-refractivity contribution >= 4 is 39.3 Å². The van der Waals surface area contributed by atoms with Crippen molar-refractivity contribution in [3.63, 3.8) is 0 Å². The first-order chi connectivity index (χ1) is 12.4. The van der Waals surface area contributed by atoms with Gasteiger partial charge in [-0.25, -0.2) is 17.9 Å². The zero-order valence-electron chi connectivity index (χ0n) is 15.7. The van der Waals surface area contributed by atoms with E-state index in [1.54, 1.807) is 39.0 Å². The van der Waals surface area contributed by atoms with Gasteiger partial charge in [0.15, 0.2) is 0 Å². The van der Waals surface area contributed by atoms with Crippen LogP contribution >= 0.6 is 23.2 Å². The number of nitrogens with zero attached hydrogens (tertiary/aromatic N) is 1. The third-order valence-corrected chi connectivity index (χ3v) is 5.20. The number of carbonyl (C=O) groups is 1. The highest BCUT2D eigenvalue weighted by molar-refractivity contribution is 7.88. The second-order valence-electron chi connectivity index (χ2n) is 7.39. The number of hydrogen-bond donors (Lipinski definition) is 1. The number of amides is 1. The molecule has 0 spiro atoms. The van der Waals surface area contributed by atoms with E-state index >= 15 is 0 Å². The lowest BCUT2D eigenvalue weighted by Crippen LogP contribution is -2.48. The molecule has 1 aliphatic heterocycles. The van der Waals surface area contributed by atoms with E-state index in [1.165, 1.54) is 4.90 Å². The van der Waals surface area contributed by atoms with Crippen molar-refractivity contribution in [2.75, 3.05) is 26.0 Å². The largest absolute Gasteiger partial charge is 0.444 e. The van der Waals surface area contributed by atoms with Crippen LogP contribution in [0.4, 0.5) is 4.79 Å². The van der Waals surface area contributed by atoms with Crippen LogP contribution in [-0.2, 0) is 19.5 Å². The van der Waals surface area contributed by atoms with Gasteiger partial charge in [-0.2, -0.15) is 0 Å². The molecule has 10 heteroatoms. The summed E-state index contributed by atoms with van der Waals surface area (Å²) in [7, 11) is -3.55. The Morgan fingerprint density at radius 3 is 2.52 bits per heavy atom. The quantitative estimate of drug-likeness (QED) is 0.782. The molecular formula is C17H24Cl2N2O5S. The van der Waals surface area contributed by atoms with Gasteiger partial charge in [0.05, 0.1) is 28.9 Å². The zero-order chi connectivity index (χ0) is 20.4. The summed E-state index contributed by atoms with van der Waals surface area (Å²) >= 11 is 12.1. The fourth-order valence-electron chi connectivity index (χ4n) is 2.71. The number of ether oxygens (including phenoxy) is 2. The summed E-state index contributed by atoms with van der Waals surface area (Å²) in [6.45, 7) is 5.88. The van der Waals surface area contributed by atoms with E-state index in [0.717, 1.165) is 6.26 Å². The molecular weight excluding hydrogens is 415 g/mol. The number of nitrogens with one attached hydrogen (secondary N) is 1. The molecule has 1 aromatic carbocycles. The minimum absolute atomic E-state index is 0.0902. The normalized spacial score (nSPS) is 21.6. The Kier molecular flexibility index (Phi) is 7.02. The van der Waals surface area contributed by atoms with E-state index in [0.29, 0.717) is 15.6 Å². The highest BCUT2D eigenvalue weighted by atomic mass is 35.5. The minimum Gasteiger partial charge on any atom is -0.444 e. The molecule has 7 nitrogen and oxygen atoms in total. The monoisotopic (exact) mass is 438 g/mol. The SMILES string of the molecule is CC(C)(C)OC(=O)N1CCOC(c2ccc(Cl)c(Cl)c2)C(NS(C)(=O)=O)C1. The molecule has 0 radical (unpaired) electrons. The molecule has 2 rings (SSSR count). The first-order valence-corrected chi connectivity index (χ1v) is 11.0. The molecule has 27 heavy (non-hydrogen) atoms. The van der Waals surface area contributed by atoms with E-state index in [2.05, 4.69) is 4.72 Å². The topological polar surface area (TPSA) is 84.9 Å². The Morgan fingerprint density at radius 2 is 1.96 bits per heavy atom. The molecule has 1 N–H and O–H groups in total. The average molecular weight is 439 g/mol. The molecule has 0 saturated carbocycles. The third-order valence-electron chi connectivity index (χ3n) is 3.73. The summed E-state index contributed by atoms with van der Waals surface area (Å²) in [6, 6.07) is 4.26. The first kappa shape index (κ1) is 22.2. The van der Waals surface area contributed by atoms with Crippen LogP contribution in [0.5, 0.6) is 0 Å². The van der Waals surface area contributed by atoms with Crippen molar-refractivity contribution in [1.82, 2.24) is 9.62 Å². The van der Waals surface area contributed by atoms with Crippen molar-refractivity contribution in [2.45, 2.75) is 38.5 Å². The van der Waals surface area contributed by atoms with Crippen LogP contribution in [0.3, 0.4) is 0 Å². The van der Waals surface area contributed by atoms with Gasteiger partial charge < -0.3 is 14.4 Å². The Labute approximate surface area is 170 Å². The van der Waals surface area contributed by atoms with Crippen LogP contribution in [0.1, 0.15) is 32.4 Å². The number of sulfonamides is 1. The van der Waals surface area contributed by atoms with Gasteiger partial charge in [-0.1, -0.05) is 29.3 Å². The minimum atomic E-state index is -3.55. The van der Waals surface area contributed by atoms with Gasteiger partial charge >= 0.3 is 6.09 Å². The predicted molar refractivity (Wildman–Crippen MR) is 105 cm³/mol. The molecule has 0 bridgehead atoms. The fourth-order valence-corrected chi connectivity index (χ4v) is 3.77. The molecule has 2 atom stereocenters. The number of benzene rings is 1. The average Bonchev–Trinajstić information content (AvgIpc) is 2.69. The van der Waals surface area contributed by atoms with E-state index < -0.39 is 33.9 Å². The summed E-state index contributed by atoms with van der Waals surface area (Å²) in [5, 5.41) is 0.723. The van der Waals surface area contributed by atoms with Crippen LogP contribution in [0.2, 0.25) is 10.0 Å². The van der Waals surface area contributed by atoms with Crippen molar-refractivity contribution in [1.29, 1.82) is 0 Å². The fraction of sp³-hybridized carbons (Fsp3) is 0.588. The third kappa shape index (κ3) is 6.80. The molecule has 2 unspecified atom stereocenters. The maximum atomic E-state index is 12.5. The molecule has 1 saturated heterocycles. The molecule has 1 heterocycles.